The summed E-state index contributed by atoms with van der Waals surface area (Å²) in [5, 5.41) is 9.02. The van der Waals surface area contributed by atoms with Crippen molar-refractivity contribution in [3.63, 3.8) is 0 Å². The number of H-pyrrole nitrogens is 2. The van der Waals surface area contributed by atoms with E-state index >= 15 is 0 Å². The van der Waals surface area contributed by atoms with Crippen LogP contribution in [0.2, 0.25) is 0 Å². The van der Waals surface area contributed by atoms with Crippen LogP contribution >= 0.6 is 0 Å². The van der Waals surface area contributed by atoms with Crippen LogP contribution in [0.1, 0.15) is 30.0 Å². The van der Waals surface area contributed by atoms with Crippen molar-refractivity contribution >= 4 is 16.6 Å². The maximum Gasteiger partial charge on any atom is 0.408 e. The first-order chi connectivity index (χ1) is 16.7. The Morgan fingerprint density at radius 1 is 1.14 bits per heavy atom. The maximum atomic E-state index is 12.2. The molecule has 9 nitrogen and oxygen atoms in total. The van der Waals surface area contributed by atoms with Crippen LogP contribution in [0.3, 0.4) is 0 Å². The molecule has 4 aromatic heterocycles. The first-order valence-electron chi connectivity index (χ1n) is 10.8. The first-order valence-corrected chi connectivity index (χ1v) is 10.8. The van der Waals surface area contributed by atoms with Gasteiger partial charge in [0.25, 0.3) is 5.56 Å². The molecule has 0 unspecified atom stereocenters. The molecule has 6 rings (SSSR count). The zero-order chi connectivity index (χ0) is 24.7. The minimum absolute atomic E-state index is 0.349. The van der Waals surface area contributed by atoms with E-state index < -0.39 is 24.0 Å². The zero-order valence-electron chi connectivity index (χ0n) is 18.5. The predicted octanol–water partition coefficient (Wildman–Crippen LogP) is 3.56. The Morgan fingerprint density at radius 2 is 1.91 bits per heavy atom. The van der Waals surface area contributed by atoms with Crippen molar-refractivity contribution in [1.82, 2.24) is 34.3 Å². The molecule has 5 aromatic rings. The number of halogens is 3. The Kier molecular flexibility index (Phi) is 5.50. The third-order valence-corrected chi connectivity index (χ3v) is 5.67. The number of rotatable bonds is 3. The zero-order valence-corrected chi connectivity index (χ0v) is 18.5. The van der Waals surface area contributed by atoms with Gasteiger partial charge in [0.1, 0.15) is 6.54 Å². The highest BCUT2D eigenvalue weighted by molar-refractivity contribution is 5.81. The fourth-order valence-corrected chi connectivity index (χ4v) is 3.95. The fourth-order valence-electron chi connectivity index (χ4n) is 3.95. The molecule has 0 amide bonds. The number of benzene rings is 1. The van der Waals surface area contributed by atoms with Crippen molar-refractivity contribution in [1.29, 1.82) is 0 Å². The molecule has 4 heterocycles. The number of fused-ring (bicyclic) bond motifs is 2. The van der Waals surface area contributed by atoms with Crippen LogP contribution in [0, 0.1) is 6.92 Å². The minimum Gasteiger partial charge on any atom is -0.313 e. The van der Waals surface area contributed by atoms with E-state index in [-0.39, 0.29) is 0 Å². The Morgan fingerprint density at radius 3 is 2.63 bits per heavy atom. The van der Waals surface area contributed by atoms with Gasteiger partial charge in [0.15, 0.2) is 5.65 Å². The second kappa shape index (κ2) is 8.53. The molecule has 35 heavy (non-hydrogen) atoms. The molecule has 0 saturated heterocycles. The summed E-state index contributed by atoms with van der Waals surface area (Å²) in [4.78, 5) is 31.9. The smallest absolute Gasteiger partial charge is 0.313 e. The molecule has 180 valence electrons. The summed E-state index contributed by atoms with van der Waals surface area (Å²) in [7, 11) is 0. The van der Waals surface area contributed by atoms with Crippen molar-refractivity contribution in [2.45, 2.75) is 38.4 Å². The summed E-state index contributed by atoms with van der Waals surface area (Å²) in [5.74, 6) is 0.489. The first kappa shape index (κ1) is 22.6. The standard InChI is InChI=1S/C13H11N5O2.C10H9F3N2/c19-12-9(6-15-13(20)16-12)10-5-8(7-1-2-7)11-14-3-4-18(11)17-10;1-7-8-4-2-3-5-9(8)15(14-7)6-10(11,12)13/h3-7H,1-2H2,(H2,15,16,19,20);2-5H,6H2,1H3. The van der Waals surface area contributed by atoms with E-state index in [2.05, 4.69) is 25.1 Å². The van der Waals surface area contributed by atoms with E-state index in [4.69, 9.17) is 0 Å². The van der Waals surface area contributed by atoms with Crippen molar-refractivity contribution in [2.75, 3.05) is 0 Å². The number of nitrogens with one attached hydrogen (secondary N) is 2. The lowest BCUT2D eigenvalue weighted by molar-refractivity contribution is -0.141. The van der Waals surface area contributed by atoms with Crippen molar-refractivity contribution in [2.24, 2.45) is 0 Å². The van der Waals surface area contributed by atoms with Gasteiger partial charge in [-0.3, -0.25) is 14.5 Å². The molecular formula is C23H20F3N7O2. The highest BCUT2D eigenvalue weighted by Gasteiger charge is 2.29. The Labute approximate surface area is 195 Å². The van der Waals surface area contributed by atoms with Gasteiger partial charge in [-0.1, -0.05) is 18.2 Å². The number of aryl methyl sites for hydroxylation is 1. The lowest BCUT2D eigenvalue weighted by Gasteiger charge is -2.06. The molecular weight excluding hydrogens is 463 g/mol. The second-order valence-electron chi connectivity index (χ2n) is 8.32. The number of aromatic amines is 2. The molecule has 2 N–H and O–H groups in total. The minimum atomic E-state index is -4.23. The summed E-state index contributed by atoms with van der Waals surface area (Å²) >= 11 is 0. The number of imidazole rings is 1. The number of hydrogen-bond acceptors (Lipinski definition) is 5. The number of aromatic nitrogens is 7. The summed E-state index contributed by atoms with van der Waals surface area (Å²) in [6, 6.07) is 8.79. The van der Waals surface area contributed by atoms with Gasteiger partial charge in [-0.25, -0.2) is 14.3 Å². The van der Waals surface area contributed by atoms with Gasteiger partial charge in [-0.05, 0) is 37.8 Å². The van der Waals surface area contributed by atoms with Crippen LogP contribution in [-0.4, -0.2) is 40.5 Å². The monoisotopic (exact) mass is 483 g/mol. The number of para-hydroxylation sites is 1. The van der Waals surface area contributed by atoms with Crippen LogP contribution < -0.4 is 11.2 Å². The van der Waals surface area contributed by atoms with Gasteiger partial charge < -0.3 is 4.98 Å². The lowest BCUT2D eigenvalue weighted by atomic mass is 10.1. The SMILES string of the molecule is Cc1nn(CC(F)(F)F)c2ccccc12.O=c1[nH]cc(-c2cc(C3CC3)c3nccn3n2)c(=O)[nH]1. The predicted molar refractivity (Wildman–Crippen MR) is 122 cm³/mol. The molecule has 0 bridgehead atoms. The van der Waals surface area contributed by atoms with Crippen LogP contribution in [0.25, 0.3) is 27.8 Å². The largest absolute Gasteiger partial charge is 0.408 e. The third-order valence-electron chi connectivity index (χ3n) is 5.67. The van der Waals surface area contributed by atoms with Crippen molar-refractivity contribution < 1.29 is 13.2 Å². The third kappa shape index (κ3) is 4.72. The number of nitrogens with zero attached hydrogens (tertiary/aromatic N) is 5. The van der Waals surface area contributed by atoms with Crippen molar-refractivity contribution in [3.05, 3.63) is 81.0 Å². The van der Waals surface area contributed by atoms with Gasteiger partial charge in [-0.15, -0.1) is 0 Å². The Bertz CT molecular complexity index is 1640. The summed E-state index contributed by atoms with van der Waals surface area (Å²) < 4.78 is 39.3. The van der Waals surface area contributed by atoms with Crippen LogP contribution in [0.15, 0.2) is 58.5 Å². The molecule has 0 radical (unpaired) electrons. The van der Waals surface area contributed by atoms with E-state index in [9.17, 15) is 22.8 Å². The van der Waals surface area contributed by atoms with Crippen LogP contribution in [0.4, 0.5) is 13.2 Å². The van der Waals surface area contributed by atoms with E-state index in [0.717, 1.165) is 34.1 Å². The average molecular weight is 483 g/mol. The summed E-state index contributed by atoms with van der Waals surface area (Å²) in [6.07, 6.45) is 2.87. The van der Waals surface area contributed by atoms with Crippen molar-refractivity contribution in [3.8, 4) is 11.3 Å². The van der Waals surface area contributed by atoms with E-state index in [0.29, 0.717) is 28.4 Å². The molecule has 1 aliphatic rings. The molecule has 12 heteroatoms. The normalized spacial score (nSPS) is 13.7. The molecule has 0 spiro atoms. The van der Waals surface area contributed by atoms with Gasteiger partial charge in [0.05, 0.1) is 22.5 Å². The molecule has 0 aliphatic heterocycles. The molecule has 1 aliphatic carbocycles. The van der Waals surface area contributed by atoms with Gasteiger partial charge in [-0.2, -0.15) is 23.4 Å². The van der Waals surface area contributed by atoms with E-state index in [1.807, 2.05) is 6.07 Å². The van der Waals surface area contributed by atoms with Gasteiger partial charge in [0.2, 0.25) is 0 Å². The Hall–Kier alpha value is -4.22. The van der Waals surface area contributed by atoms with Crippen LogP contribution in [-0.2, 0) is 6.54 Å². The highest BCUT2D eigenvalue weighted by atomic mass is 19.4. The topological polar surface area (TPSA) is 114 Å². The Balaban J connectivity index is 0.000000152. The van der Waals surface area contributed by atoms with Crippen LogP contribution in [0.5, 0.6) is 0 Å². The highest BCUT2D eigenvalue weighted by Crippen LogP contribution is 2.42. The van der Waals surface area contributed by atoms with Gasteiger partial charge >= 0.3 is 11.9 Å². The van der Waals surface area contributed by atoms with E-state index in [1.54, 1.807) is 48.1 Å². The molecule has 1 aromatic carbocycles. The van der Waals surface area contributed by atoms with E-state index in [1.165, 1.54) is 6.20 Å². The number of alkyl halides is 3. The quantitative estimate of drug-likeness (QED) is 0.407. The fraction of sp³-hybridized carbons (Fsp3) is 0.261. The average Bonchev–Trinajstić information content (AvgIpc) is 3.46. The second-order valence-corrected chi connectivity index (χ2v) is 8.32. The number of hydrogen-bond donors (Lipinski definition) is 2. The lowest BCUT2D eigenvalue weighted by Crippen LogP contribution is -2.23. The molecule has 0 atom stereocenters. The summed E-state index contributed by atoms with van der Waals surface area (Å²) in [6.45, 7) is 0.663. The maximum absolute atomic E-state index is 12.2. The van der Waals surface area contributed by atoms with Gasteiger partial charge in [0, 0.05) is 29.5 Å². The summed E-state index contributed by atoms with van der Waals surface area (Å²) in [5.41, 5.74) is 2.99. The molecule has 1 fully saturated rings. The molecule has 1 saturated carbocycles.